The Labute approximate surface area is 138 Å². The number of thiol groups is 2. The van der Waals surface area contributed by atoms with Crippen molar-refractivity contribution in [1.82, 2.24) is 9.13 Å². The SMILES string of the molecule is CC(C)(C)n1cc[n+]([BH2-][n+]2ccn(C(C)(C)C)c2S)c1S. The van der Waals surface area contributed by atoms with Crippen molar-refractivity contribution in [2.45, 2.75) is 62.9 Å². The number of rotatable bonds is 2. The van der Waals surface area contributed by atoms with Crippen molar-refractivity contribution in [2.24, 2.45) is 0 Å². The molecule has 0 bridgehead atoms. The van der Waals surface area contributed by atoms with Gasteiger partial charge in [-0.1, -0.05) is 25.3 Å². The second kappa shape index (κ2) is 5.43. The van der Waals surface area contributed by atoms with E-state index in [2.05, 4.69) is 84.4 Å². The predicted octanol–water partition coefficient (Wildman–Crippen LogP) is 1.35. The van der Waals surface area contributed by atoms with Crippen LogP contribution in [0.25, 0.3) is 0 Å². The molecule has 2 aromatic rings. The van der Waals surface area contributed by atoms with Crippen LogP contribution in [0.1, 0.15) is 41.5 Å². The first-order valence-corrected chi connectivity index (χ1v) is 8.28. The van der Waals surface area contributed by atoms with Crippen LogP contribution in [0.15, 0.2) is 35.1 Å². The monoisotopic (exact) mass is 325 g/mol. The Hall–Kier alpha value is -0.815. The van der Waals surface area contributed by atoms with Gasteiger partial charge in [-0.05, 0) is 41.5 Å². The van der Waals surface area contributed by atoms with Crippen LogP contribution in [0, 0.1) is 0 Å². The molecular weight excluding hydrogens is 299 g/mol. The molecule has 0 aliphatic heterocycles. The van der Waals surface area contributed by atoms with E-state index in [-0.39, 0.29) is 11.1 Å². The third-order valence-electron chi connectivity index (χ3n) is 3.82. The lowest BCUT2D eigenvalue weighted by molar-refractivity contribution is -0.699. The van der Waals surface area contributed by atoms with Crippen molar-refractivity contribution in [3.05, 3.63) is 24.8 Å². The normalized spacial score (nSPS) is 13.0. The molecule has 0 aliphatic rings. The van der Waals surface area contributed by atoms with Crippen LogP contribution in [-0.2, 0) is 11.1 Å². The minimum atomic E-state index is -0.585. The Morgan fingerprint density at radius 3 is 1.38 bits per heavy atom. The molecule has 0 saturated carbocycles. The van der Waals surface area contributed by atoms with Gasteiger partial charge in [-0.15, -0.1) is 0 Å². The van der Waals surface area contributed by atoms with Gasteiger partial charge in [-0.25, -0.2) is 9.13 Å². The summed E-state index contributed by atoms with van der Waals surface area (Å²) in [6.07, 6.45) is 8.43. The minimum Gasteiger partial charge on any atom is -0.386 e. The summed E-state index contributed by atoms with van der Waals surface area (Å²) in [4.78, 5) is 0. The van der Waals surface area contributed by atoms with Gasteiger partial charge in [0.1, 0.15) is 23.5 Å². The van der Waals surface area contributed by atoms with Gasteiger partial charge in [0.15, 0.2) is 0 Å². The first-order valence-electron chi connectivity index (χ1n) is 7.38. The zero-order chi connectivity index (χ0) is 16.0. The Balaban J connectivity index is 2.32. The summed E-state index contributed by atoms with van der Waals surface area (Å²) in [5.74, 6) is 0. The molecular formula is C14H26BN4S2+. The molecule has 0 radical (unpaired) electrons. The van der Waals surface area contributed by atoms with E-state index in [9.17, 15) is 0 Å². The smallest absolute Gasteiger partial charge is 0.357 e. The van der Waals surface area contributed by atoms with Crippen LogP contribution < -0.4 is 8.96 Å². The lowest BCUT2D eigenvalue weighted by atomic mass is 10.1. The van der Waals surface area contributed by atoms with Crippen LogP contribution >= 0.6 is 25.3 Å². The molecule has 7 heteroatoms. The lowest BCUT2D eigenvalue weighted by Gasteiger charge is -2.17. The third kappa shape index (κ3) is 3.34. The molecule has 0 unspecified atom stereocenters. The van der Waals surface area contributed by atoms with E-state index < -0.39 is 7.55 Å². The highest BCUT2D eigenvalue weighted by atomic mass is 32.1. The molecule has 2 rings (SSSR count). The summed E-state index contributed by atoms with van der Waals surface area (Å²) in [5.41, 5.74) is 0.0839. The standard InChI is InChI=1S/C14H25BN4S2/c1-13(2,3)16-7-9-18(11(16)20)15-19-10-8-17(12(19)21)14(4,5)6/h7-10H,15H2,1-6H3,(H-,20,21)/p+1. The molecule has 21 heavy (non-hydrogen) atoms. The average molecular weight is 325 g/mol. The van der Waals surface area contributed by atoms with E-state index in [0.717, 1.165) is 10.3 Å². The van der Waals surface area contributed by atoms with E-state index >= 15 is 0 Å². The van der Waals surface area contributed by atoms with E-state index in [0.29, 0.717) is 0 Å². The molecule has 0 saturated heterocycles. The van der Waals surface area contributed by atoms with E-state index in [1.54, 1.807) is 0 Å². The fourth-order valence-corrected chi connectivity index (χ4v) is 3.58. The first kappa shape index (κ1) is 16.6. The number of hydrogen-bond acceptors (Lipinski definition) is 2. The zero-order valence-electron chi connectivity index (χ0n) is 14.0. The number of imidazole rings is 2. The minimum absolute atomic E-state index is 0.0420. The largest absolute Gasteiger partial charge is 0.386 e. The van der Waals surface area contributed by atoms with Crippen LogP contribution in [0.5, 0.6) is 0 Å². The van der Waals surface area contributed by atoms with Crippen molar-refractivity contribution >= 4 is 32.8 Å². The summed E-state index contributed by atoms with van der Waals surface area (Å²) >= 11 is 9.39. The van der Waals surface area contributed by atoms with Gasteiger partial charge in [-0.2, -0.15) is 0 Å². The second-order valence-corrected chi connectivity index (χ2v) is 8.50. The Bertz CT molecular complexity index is 591. The van der Waals surface area contributed by atoms with E-state index in [1.165, 1.54) is 0 Å². The van der Waals surface area contributed by atoms with Crippen molar-refractivity contribution in [3.8, 4) is 0 Å². The lowest BCUT2D eigenvalue weighted by Crippen LogP contribution is -2.59. The molecule has 0 N–H and O–H groups in total. The molecule has 0 atom stereocenters. The highest BCUT2D eigenvalue weighted by molar-refractivity contribution is 7.80. The van der Waals surface area contributed by atoms with Crippen molar-refractivity contribution in [2.75, 3.05) is 0 Å². The summed E-state index contributed by atoms with van der Waals surface area (Å²) in [6.45, 7) is 13.1. The molecule has 0 spiro atoms. The average Bonchev–Trinajstić information content (AvgIpc) is 2.83. The number of aromatic nitrogens is 4. The molecule has 0 aromatic carbocycles. The van der Waals surface area contributed by atoms with Gasteiger partial charge in [-0.3, -0.25) is 0 Å². The summed E-state index contributed by atoms with van der Waals surface area (Å²) in [7, 11) is -0.585. The second-order valence-electron chi connectivity index (χ2n) is 7.70. The zero-order valence-corrected chi connectivity index (χ0v) is 15.8. The van der Waals surface area contributed by atoms with Gasteiger partial charge in [0, 0.05) is 0 Å². The Morgan fingerprint density at radius 1 is 0.810 bits per heavy atom. The van der Waals surface area contributed by atoms with E-state index in [1.807, 2.05) is 0 Å². The fourth-order valence-electron chi connectivity index (χ4n) is 2.53. The topological polar surface area (TPSA) is 17.6 Å². The Kier molecular flexibility index (Phi) is 4.28. The molecule has 2 heterocycles. The summed E-state index contributed by atoms with van der Waals surface area (Å²) in [6, 6.07) is 0. The van der Waals surface area contributed by atoms with Crippen LogP contribution in [0.2, 0.25) is 0 Å². The van der Waals surface area contributed by atoms with Crippen molar-refractivity contribution in [1.29, 1.82) is 0 Å². The number of hydrogen-bond donors (Lipinski definition) is 2. The summed E-state index contributed by atoms with van der Waals surface area (Å²) in [5, 5.41) is 1.98. The van der Waals surface area contributed by atoms with Crippen molar-refractivity contribution in [3.63, 3.8) is 0 Å². The van der Waals surface area contributed by atoms with E-state index in [4.69, 9.17) is 25.3 Å². The van der Waals surface area contributed by atoms with Gasteiger partial charge in [0.05, 0.1) is 12.4 Å². The summed E-state index contributed by atoms with van der Waals surface area (Å²) < 4.78 is 8.86. The highest BCUT2D eigenvalue weighted by Crippen LogP contribution is 2.18. The van der Waals surface area contributed by atoms with Crippen LogP contribution in [0.3, 0.4) is 0 Å². The molecule has 0 fully saturated rings. The maximum atomic E-state index is 4.70. The van der Waals surface area contributed by atoms with Gasteiger partial charge >= 0.3 is 7.55 Å². The Morgan fingerprint density at radius 2 is 1.14 bits per heavy atom. The van der Waals surface area contributed by atoms with Gasteiger partial charge < -0.3 is 8.96 Å². The number of nitrogens with zero attached hydrogens (tertiary/aromatic N) is 4. The quantitative estimate of drug-likeness (QED) is 0.613. The van der Waals surface area contributed by atoms with Crippen LogP contribution in [0.4, 0.5) is 0 Å². The molecule has 116 valence electrons. The van der Waals surface area contributed by atoms with Gasteiger partial charge in [0.2, 0.25) is 0 Å². The predicted molar refractivity (Wildman–Crippen MR) is 93.1 cm³/mol. The molecule has 0 amide bonds. The maximum Gasteiger partial charge on any atom is 0.357 e. The fraction of sp³-hybridized carbons (Fsp3) is 0.571. The van der Waals surface area contributed by atoms with Crippen molar-refractivity contribution < 1.29 is 8.96 Å². The molecule has 2 aromatic heterocycles. The van der Waals surface area contributed by atoms with Gasteiger partial charge in [0.25, 0.3) is 10.3 Å². The molecule has 4 nitrogen and oxygen atoms in total. The highest BCUT2D eigenvalue weighted by Gasteiger charge is 2.26. The maximum absolute atomic E-state index is 4.70. The molecule has 0 aliphatic carbocycles. The van der Waals surface area contributed by atoms with Crippen LogP contribution in [-0.4, -0.2) is 16.7 Å². The third-order valence-corrected chi connectivity index (χ3v) is 4.88. The first-order chi connectivity index (χ1) is 9.51.